The van der Waals surface area contributed by atoms with Gasteiger partial charge < -0.3 is 10.4 Å². The SMILES string of the molecule is CCC(CC)(CC(=O)N[C@@H](C)c1ccccc1Cl)C(=O)O. The molecule has 1 amide bonds. The normalized spacial score (nSPS) is 12.8. The molecule has 5 heteroatoms. The maximum Gasteiger partial charge on any atom is 0.310 e. The van der Waals surface area contributed by atoms with Crippen LogP contribution in [0, 0.1) is 5.41 Å². The van der Waals surface area contributed by atoms with Crippen LogP contribution < -0.4 is 5.32 Å². The summed E-state index contributed by atoms with van der Waals surface area (Å²) in [5.41, 5.74) is -0.175. The highest BCUT2D eigenvalue weighted by Crippen LogP contribution is 2.31. The van der Waals surface area contributed by atoms with Crippen molar-refractivity contribution in [3.05, 3.63) is 34.9 Å². The van der Waals surface area contributed by atoms with Gasteiger partial charge in [0.15, 0.2) is 0 Å². The van der Waals surface area contributed by atoms with Crippen molar-refractivity contribution in [2.75, 3.05) is 0 Å². The van der Waals surface area contributed by atoms with Crippen LogP contribution in [0.1, 0.15) is 51.6 Å². The molecule has 0 radical (unpaired) electrons. The molecule has 2 N–H and O–H groups in total. The number of benzene rings is 1. The summed E-state index contributed by atoms with van der Waals surface area (Å²) in [5, 5.41) is 12.8. The molecule has 4 nitrogen and oxygen atoms in total. The number of rotatable bonds is 7. The lowest BCUT2D eigenvalue weighted by Crippen LogP contribution is -2.37. The molecule has 0 bridgehead atoms. The zero-order chi connectivity index (χ0) is 16.0. The Hall–Kier alpha value is -1.55. The standard InChI is InChI=1S/C16H22ClNO3/c1-4-16(5-2,15(20)21)10-14(19)18-11(3)12-8-6-7-9-13(12)17/h6-9,11H,4-5,10H2,1-3H3,(H,18,19)(H,20,21)/t11-/m0/s1. The van der Waals surface area contributed by atoms with Crippen molar-refractivity contribution in [3.63, 3.8) is 0 Å². The van der Waals surface area contributed by atoms with Gasteiger partial charge in [-0.05, 0) is 31.4 Å². The first-order valence-electron chi connectivity index (χ1n) is 7.13. The molecule has 0 saturated heterocycles. The van der Waals surface area contributed by atoms with E-state index in [0.29, 0.717) is 17.9 Å². The lowest BCUT2D eigenvalue weighted by Gasteiger charge is -2.27. The predicted octanol–water partition coefficient (Wildman–Crippen LogP) is 3.80. The predicted molar refractivity (Wildman–Crippen MR) is 83.3 cm³/mol. The first kappa shape index (κ1) is 17.5. The highest BCUT2D eigenvalue weighted by atomic mass is 35.5. The van der Waals surface area contributed by atoms with E-state index in [2.05, 4.69) is 5.32 Å². The zero-order valence-electron chi connectivity index (χ0n) is 12.6. The molecule has 0 aromatic heterocycles. The van der Waals surface area contributed by atoms with Crippen molar-refractivity contribution in [3.8, 4) is 0 Å². The molecule has 0 aliphatic heterocycles. The van der Waals surface area contributed by atoms with Crippen molar-refractivity contribution in [1.82, 2.24) is 5.32 Å². The second kappa shape index (κ2) is 7.46. The Labute approximate surface area is 130 Å². The first-order valence-corrected chi connectivity index (χ1v) is 7.51. The molecule has 0 spiro atoms. The highest BCUT2D eigenvalue weighted by Gasteiger charge is 2.37. The van der Waals surface area contributed by atoms with Gasteiger partial charge in [-0.15, -0.1) is 0 Å². The van der Waals surface area contributed by atoms with Crippen LogP contribution in [0.2, 0.25) is 5.02 Å². The van der Waals surface area contributed by atoms with Gasteiger partial charge in [-0.2, -0.15) is 0 Å². The summed E-state index contributed by atoms with van der Waals surface area (Å²) < 4.78 is 0. The number of nitrogens with one attached hydrogen (secondary N) is 1. The van der Waals surface area contributed by atoms with E-state index in [4.69, 9.17) is 11.6 Å². The first-order chi connectivity index (χ1) is 9.86. The summed E-state index contributed by atoms with van der Waals surface area (Å²) in [7, 11) is 0. The van der Waals surface area contributed by atoms with E-state index in [1.807, 2.05) is 25.1 Å². The second-order valence-electron chi connectivity index (χ2n) is 5.28. The minimum atomic E-state index is -0.996. The number of halogens is 1. The molecule has 116 valence electrons. The summed E-state index contributed by atoms with van der Waals surface area (Å²) in [4.78, 5) is 23.6. The third-order valence-electron chi connectivity index (χ3n) is 4.06. The van der Waals surface area contributed by atoms with Gasteiger partial charge in [-0.1, -0.05) is 43.6 Å². The van der Waals surface area contributed by atoms with Gasteiger partial charge in [-0.25, -0.2) is 0 Å². The summed E-state index contributed by atoms with van der Waals surface area (Å²) in [5.74, 6) is -1.19. The quantitative estimate of drug-likeness (QED) is 0.805. The number of amides is 1. The lowest BCUT2D eigenvalue weighted by atomic mass is 9.79. The molecular formula is C16H22ClNO3. The van der Waals surface area contributed by atoms with Crippen LogP contribution in [0.3, 0.4) is 0 Å². The van der Waals surface area contributed by atoms with Crippen molar-refractivity contribution in [1.29, 1.82) is 0 Å². The Morgan fingerprint density at radius 3 is 2.33 bits per heavy atom. The molecule has 0 fully saturated rings. The second-order valence-corrected chi connectivity index (χ2v) is 5.69. The maximum atomic E-state index is 12.2. The molecule has 21 heavy (non-hydrogen) atoms. The van der Waals surface area contributed by atoms with E-state index in [9.17, 15) is 14.7 Å². The summed E-state index contributed by atoms with van der Waals surface area (Å²) >= 11 is 6.10. The van der Waals surface area contributed by atoms with Gasteiger partial charge >= 0.3 is 5.97 Å². The number of carbonyl (C=O) groups is 2. The molecule has 0 aliphatic rings. The minimum absolute atomic E-state index is 0.0237. The average Bonchev–Trinajstić information content (AvgIpc) is 2.44. The van der Waals surface area contributed by atoms with Crippen LogP contribution in [0.15, 0.2) is 24.3 Å². The van der Waals surface area contributed by atoms with E-state index >= 15 is 0 Å². The Balaban J connectivity index is 2.77. The van der Waals surface area contributed by atoms with E-state index in [1.165, 1.54) is 0 Å². The molecule has 1 aromatic carbocycles. The topological polar surface area (TPSA) is 66.4 Å². The third kappa shape index (κ3) is 4.21. The van der Waals surface area contributed by atoms with Crippen LogP contribution in [-0.4, -0.2) is 17.0 Å². The third-order valence-corrected chi connectivity index (χ3v) is 4.40. The average molecular weight is 312 g/mol. The largest absolute Gasteiger partial charge is 0.481 e. The Kier molecular flexibility index (Phi) is 6.21. The molecule has 0 heterocycles. The van der Waals surface area contributed by atoms with Crippen molar-refractivity contribution < 1.29 is 14.7 Å². The van der Waals surface area contributed by atoms with Crippen LogP contribution in [0.25, 0.3) is 0 Å². The van der Waals surface area contributed by atoms with Gasteiger partial charge in [0.2, 0.25) is 5.91 Å². The Morgan fingerprint density at radius 2 is 1.86 bits per heavy atom. The van der Waals surface area contributed by atoms with E-state index in [0.717, 1.165) is 5.56 Å². The minimum Gasteiger partial charge on any atom is -0.481 e. The van der Waals surface area contributed by atoms with Gasteiger partial charge in [0, 0.05) is 11.4 Å². The number of carbonyl (C=O) groups excluding carboxylic acids is 1. The molecule has 0 saturated carbocycles. The van der Waals surface area contributed by atoms with Crippen LogP contribution in [0.5, 0.6) is 0 Å². The van der Waals surface area contributed by atoms with Crippen molar-refractivity contribution >= 4 is 23.5 Å². The number of carboxylic acid groups (broad SMARTS) is 1. The summed E-state index contributed by atoms with van der Waals surface area (Å²) in [6.07, 6.45) is 0.823. The van der Waals surface area contributed by atoms with Crippen LogP contribution in [-0.2, 0) is 9.59 Å². The smallest absolute Gasteiger partial charge is 0.310 e. The molecule has 1 aromatic rings. The molecule has 0 unspecified atom stereocenters. The summed E-state index contributed by atoms with van der Waals surface area (Å²) in [6.45, 7) is 5.42. The fraction of sp³-hybridized carbons (Fsp3) is 0.500. The zero-order valence-corrected chi connectivity index (χ0v) is 13.4. The van der Waals surface area contributed by atoms with Gasteiger partial charge in [0.05, 0.1) is 11.5 Å². The van der Waals surface area contributed by atoms with Gasteiger partial charge in [0.1, 0.15) is 0 Å². The number of hydrogen-bond donors (Lipinski definition) is 2. The van der Waals surface area contributed by atoms with Crippen LogP contribution in [0.4, 0.5) is 0 Å². The van der Waals surface area contributed by atoms with Gasteiger partial charge in [0.25, 0.3) is 0 Å². The monoisotopic (exact) mass is 311 g/mol. The number of carboxylic acids is 1. The van der Waals surface area contributed by atoms with Crippen LogP contribution >= 0.6 is 11.6 Å². The molecule has 0 aliphatic carbocycles. The number of aliphatic carboxylic acids is 1. The van der Waals surface area contributed by atoms with E-state index < -0.39 is 11.4 Å². The Bertz CT molecular complexity index is 512. The molecule has 1 atom stereocenters. The molecule has 1 rings (SSSR count). The molecular weight excluding hydrogens is 290 g/mol. The summed E-state index contributed by atoms with van der Waals surface area (Å²) in [6, 6.07) is 7.02. The maximum absolute atomic E-state index is 12.2. The fourth-order valence-electron chi connectivity index (χ4n) is 2.38. The highest BCUT2D eigenvalue weighted by molar-refractivity contribution is 6.31. The van der Waals surface area contributed by atoms with Gasteiger partial charge in [-0.3, -0.25) is 9.59 Å². The number of hydrogen-bond acceptors (Lipinski definition) is 2. The van der Waals surface area contributed by atoms with Crippen molar-refractivity contribution in [2.24, 2.45) is 5.41 Å². The van der Waals surface area contributed by atoms with Crippen molar-refractivity contribution in [2.45, 2.75) is 46.1 Å². The Morgan fingerprint density at radius 1 is 1.29 bits per heavy atom. The van der Waals surface area contributed by atoms with E-state index in [-0.39, 0.29) is 18.4 Å². The van der Waals surface area contributed by atoms with E-state index in [1.54, 1.807) is 19.9 Å². The lowest BCUT2D eigenvalue weighted by molar-refractivity contribution is -0.152. The fourth-order valence-corrected chi connectivity index (χ4v) is 2.68.